The first-order valence-corrected chi connectivity index (χ1v) is 7.05. The van der Waals surface area contributed by atoms with E-state index in [-0.39, 0.29) is 5.41 Å². The van der Waals surface area contributed by atoms with E-state index >= 15 is 0 Å². The molecule has 1 aromatic heterocycles. The zero-order valence-corrected chi connectivity index (χ0v) is 10.2. The Morgan fingerprint density at radius 1 is 1.44 bits per heavy atom. The Hall–Kier alpha value is -0.880. The topological polar surface area (TPSA) is 36.7 Å². The van der Waals surface area contributed by atoms with Crippen LogP contribution in [0.4, 0.5) is 0 Å². The Morgan fingerprint density at radius 2 is 2.19 bits per heavy atom. The Kier molecular flexibility index (Phi) is 2.48. The summed E-state index contributed by atoms with van der Waals surface area (Å²) in [6.07, 6.45) is 8.38. The first-order valence-electron chi connectivity index (χ1n) is 6.17. The van der Waals surface area contributed by atoms with Gasteiger partial charge in [0.2, 0.25) is 0 Å². The Balaban J connectivity index is 1.70. The Labute approximate surface area is 100 Å². The van der Waals surface area contributed by atoms with Crippen LogP contribution in [0.25, 0.3) is 0 Å². The van der Waals surface area contributed by atoms with E-state index < -0.39 is 0 Å². The van der Waals surface area contributed by atoms with Gasteiger partial charge in [0.1, 0.15) is 0 Å². The lowest BCUT2D eigenvalue weighted by molar-refractivity contribution is 0.649. The molecule has 0 aliphatic heterocycles. The van der Waals surface area contributed by atoms with E-state index in [2.05, 4.69) is 11.4 Å². The molecule has 1 heterocycles. The van der Waals surface area contributed by atoms with E-state index in [4.69, 9.17) is 10.2 Å². The van der Waals surface area contributed by atoms with Gasteiger partial charge in [0.15, 0.2) is 0 Å². The summed E-state index contributed by atoms with van der Waals surface area (Å²) in [5, 5.41) is 12.5. The standard InChI is InChI=1S/C13H16N2S/c14-9-13(5-6-13)7-12-15-11(8-16-12)10-3-1-2-4-10/h8,10H,1-7H2. The van der Waals surface area contributed by atoms with Gasteiger partial charge in [-0.05, 0) is 25.7 Å². The monoisotopic (exact) mass is 232 g/mol. The Bertz CT molecular complexity index is 419. The van der Waals surface area contributed by atoms with Gasteiger partial charge in [-0.25, -0.2) is 4.98 Å². The number of hydrogen-bond acceptors (Lipinski definition) is 3. The van der Waals surface area contributed by atoms with Crippen LogP contribution >= 0.6 is 11.3 Å². The van der Waals surface area contributed by atoms with Crippen LogP contribution in [-0.2, 0) is 6.42 Å². The van der Waals surface area contributed by atoms with Crippen molar-refractivity contribution in [1.29, 1.82) is 5.26 Å². The lowest BCUT2D eigenvalue weighted by Crippen LogP contribution is -2.01. The molecule has 0 spiro atoms. The first-order chi connectivity index (χ1) is 7.81. The summed E-state index contributed by atoms with van der Waals surface area (Å²) in [5.41, 5.74) is 1.26. The fraction of sp³-hybridized carbons (Fsp3) is 0.692. The van der Waals surface area contributed by atoms with Crippen LogP contribution in [0.3, 0.4) is 0 Å². The van der Waals surface area contributed by atoms with E-state index in [0.29, 0.717) is 5.92 Å². The number of nitrogens with zero attached hydrogens (tertiary/aromatic N) is 2. The Morgan fingerprint density at radius 3 is 2.81 bits per heavy atom. The fourth-order valence-electron chi connectivity index (χ4n) is 2.58. The van der Waals surface area contributed by atoms with Crippen molar-refractivity contribution in [2.75, 3.05) is 0 Å². The van der Waals surface area contributed by atoms with Gasteiger partial charge in [-0.3, -0.25) is 0 Å². The number of aromatic nitrogens is 1. The smallest absolute Gasteiger partial charge is 0.0944 e. The molecule has 2 aliphatic carbocycles. The summed E-state index contributed by atoms with van der Waals surface area (Å²) in [6.45, 7) is 0. The highest BCUT2D eigenvalue weighted by atomic mass is 32.1. The third-order valence-electron chi connectivity index (χ3n) is 3.92. The average molecular weight is 232 g/mol. The van der Waals surface area contributed by atoms with Crippen molar-refractivity contribution < 1.29 is 0 Å². The highest BCUT2D eigenvalue weighted by Crippen LogP contribution is 2.48. The minimum absolute atomic E-state index is 0.0369. The molecule has 3 rings (SSSR count). The van der Waals surface area contributed by atoms with Gasteiger partial charge in [-0.1, -0.05) is 12.8 Å². The molecule has 2 aliphatic rings. The summed E-state index contributed by atoms with van der Waals surface area (Å²) in [7, 11) is 0. The van der Waals surface area contributed by atoms with Gasteiger partial charge in [0.25, 0.3) is 0 Å². The maximum Gasteiger partial charge on any atom is 0.0944 e. The maximum absolute atomic E-state index is 9.06. The molecule has 16 heavy (non-hydrogen) atoms. The van der Waals surface area contributed by atoms with Crippen molar-refractivity contribution in [3.63, 3.8) is 0 Å². The first kappa shape index (κ1) is 10.3. The molecule has 3 heteroatoms. The van der Waals surface area contributed by atoms with E-state index in [9.17, 15) is 0 Å². The van der Waals surface area contributed by atoms with Crippen LogP contribution in [0.2, 0.25) is 0 Å². The normalized spacial score (nSPS) is 23.2. The number of nitriles is 1. The van der Waals surface area contributed by atoms with Crippen LogP contribution < -0.4 is 0 Å². The largest absolute Gasteiger partial charge is 0.246 e. The van der Waals surface area contributed by atoms with Crippen molar-refractivity contribution in [2.24, 2.45) is 5.41 Å². The summed E-state index contributed by atoms with van der Waals surface area (Å²) in [6, 6.07) is 2.45. The summed E-state index contributed by atoms with van der Waals surface area (Å²) < 4.78 is 0. The number of rotatable bonds is 3. The quantitative estimate of drug-likeness (QED) is 0.797. The lowest BCUT2D eigenvalue weighted by Gasteiger charge is -2.04. The molecular formula is C13H16N2S. The second kappa shape index (κ2) is 3.85. The summed E-state index contributed by atoms with van der Waals surface area (Å²) in [5.74, 6) is 0.710. The molecule has 2 nitrogen and oxygen atoms in total. The van der Waals surface area contributed by atoms with Crippen molar-refractivity contribution in [3.05, 3.63) is 16.1 Å². The van der Waals surface area contributed by atoms with Crippen molar-refractivity contribution >= 4 is 11.3 Å². The molecule has 0 unspecified atom stereocenters. The van der Waals surface area contributed by atoms with Gasteiger partial charge in [0, 0.05) is 17.7 Å². The average Bonchev–Trinajstić information content (AvgIpc) is 2.72. The SMILES string of the molecule is N#CC1(Cc2nc(C3CCCC3)cs2)CC1. The van der Waals surface area contributed by atoms with E-state index in [0.717, 1.165) is 19.3 Å². The molecular weight excluding hydrogens is 216 g/mol. The van der Waals surface area contributed by atoms with Crippen LogP contribution in [-0.4, -0.2) is 4.98 Å². The number of hydrogen-bond donors (Lipinski definition) is 0. The molecule has 0 atom stereocenters. The minimum Gasteiger partial charge on any atom is -0.246 e. The fourth-order valence-corrected chi connectivity index (χ4v) is 3.60. The molecule has 0 amide bonds. The molecule has 0 radical (unpaired) electrons. The zero-order valence-electron chi connectivity index (χ0n) is 9.41. The predicted molar refractivity (Wildman–Crippen MR) is 64.3 cm³/mol. The van der Waals surface area contributed by atoms with Gasteiger partial charge in [0.05, 0.1) is 22.2 Å². The lowest BCUT2D eigenvalue weighted by atomic mass is 10.0. The molecule has 2 saturated carbocycles. The van der Waals surface area contributed by atoms with E-state index in [1.807, 2.05) is 0 Å². The summed E-state index contributed by atoms with van der Waals surface area (Å²) >= 11 is 1.76. The van der Waals surface area contributed by atoms with Crippen molar-refractivity contribution in [2.45, 2.75) is 50.9 Å². The highest BCUT2D eigenvalue weighted by Gasteiger charge is 2.43. The van der Waals surface area contributed by atoms with Gasteiger partial charge in [-0.2, -0.15) is 5.26 Å². The van der Waals surface area contributed by atoms with Crippen LogP contribution in [0.1, 0.15) is 55.1 Å². The van der Waals surface area contributed by atoms with Crippen LogP contribution in [0.5, 0.6) is 0 Å². The van der Waals surface area contributed by atoms with Gasteiger partial charge in [-0.15, -0.1) is 11.3 Å². The molecule has 1 aromatic rings. The van der Waals surface area contributed by atoms with Crippen LogP contribution in [0.15, 0.2) is 5.38 Å². The molecule has 0 bridgehead atoms. The minimum atomic E-state index is -0.0369. The highest BCUT2D eigenvalue weighted by molar-refractivity contribution is 7.09. The maximum atomic E-state index is 9.06. The number of thiazole rings is 1. The molecule has 0 N–H and O–H groups in total. The zero-order chi connectivity index (χ0) is 11.0. The summed E-state index contributed by atoms with van der Waals surface area (Å²) in [4.78, 5) is 4.73. The van der Waals surface area contributed by atoms with E-state index in [1.165, 1.54) is 36.4 Å². The van der Waals surface area contributed by atoms with Crippen LogP contribution in [0, 0.1) is 16.7 Å². The second-order valence-electron chi connectivity index (χ2n) is 5.22. The third-order valence-corrected chi connectivity index (χ3v) is 4.79. The predicted octanol–water partition coefficient (Wildman–Crippen LogP) is 3.65. The van der Waals surface area contributed by atoms with Crippen molar-refractivity contribution in [1.82, 2.24) is 4.98 Å². The van der Waals surface area contributed by atoms with Gasteiger partial charge >= 0.3 is 0 Å². The van der Waals surface area contributed by atoms with E-state index in [1.54, 1.807) is 11.3 Å². The molecule has 0 saturated heterocycles. The van der Waals surface area contributed by atoms with Gasteiger partial charge < -0.3 is 0 Å². The third kappa shape index (κ3) is 1.87. The molecule has 84 valence electrons. The second-order valence-corrected chi connectivity index (χ2v) is 6.16. The molecule has 2 fully saturated rings. The van der Waals surface area contributed by atoms with Crippen molar-refractivity contribution in [3.8, 4) is 6.07 Å². The molecule has 0 aromatic carbocycles.